The number of aromatic nitrogens is 1. The lowest BCUT2D eigenvalue weighted by Crippen LogP contribution is -2.49. The molecule has 2 heterocycles. The van der Waals surface area contributed by atoms with Crippen molar-refractivity contribution in [3.8, 4) is 11.1 Å². The summed E-state index contributed by atoms with van der Waals surface area (Å²) in [4.78, 5) is 28.7. The van der Waals surface area contributed by atoms with Gasteiger partial charge in [-0.2, -0.15) is 0 Å². The number of halogens is 1. The van der Waals surface area contributed by atoms with Gasteiger partial charge in [-0.25, -0.2) is 4.39 Å². The van der Waals surface area contributed by atoms with Gasteiger partial charge in [0.2, 0.25) is 0 Å². The van der Waals surface area contributed by atoms with E-state index in [0.29, 0.717) is 34.0 Å². The number of hydrogen-bond donors (Lipinski definition) is 2. The number of pyridine rings is 1. The van der Waals surface area contributed by atoms with E-state index < -0.39 is 5.82 Å². The van der Waals surface area contributed by atoms with Crippen LogP contribution in [0, 0.1) is 18.7 Å². The molecule has 1 atom stereocenters. The van der Waals surface area contributed by atoms with Crippen molar-refractivity contribution in [3.05, 3.63) is 69.4 Å². The molecule has 7 heteroatoms. The van der Waals surface area contributed by atoms with Gasteiger partial charge in [-0.1, -0.05) is 13.0 Å². The van der Waals surface area contributed by atoms with Gasteiger partial charge in [0.25, 0.3) is 11.5 Å². The number of piperazine rings is 1. The van der Waals surface area contributed by atoms with Crippen molar-refractivity contribution >= 4 is 16.7 Å². The Morgan fingerprint density at radius 1 is 1.13 bits per heavy atom. The summed E-state index contributed by atoms with van der Waals surface area (Å²) in [5.74, 6) is -0.0348. The Kier molecular flexibility index (Phi) is 6.82. The van der Waals surface area contributed by atoms with Crippen LogP contribution >= 0.6 is 0 Å². The molecule has 6 nitrogen and oxygen atoms in total. The number of carbonyl (C=O) groups is 1. The normalized spacial score (nSPS) is 20.1. The lowest BCUT2D eigenvalue weighted by Gasteiger charge is -2.33. The fourth-order valence-corrected chi connectivity index (χ4v) is 5.63. The second-order valence-electron chi connectivity index (χ2n) is 11.5. The highest BCUT2D eigenvalue weighted by Gasteiger charge is 2.26. The van der Waals surface area contributed by atoms with E-state index in [1.54, 1.807) is 13.0 Å². The zero-order chi connectivity index (χ0) is 26.4. The van der Waals surface area contributed by atoms with Crippen molar-refractivity contribution < 1.29 is 9.18 Å². The summed E-state index contributed by atoms with van der Waals surface area (Å²) >= 11 is 0. The smallest absolute Gasteiger partial charge is 0.258 e. The van der Waals surface area contributed by atoms with Crippen LogP contribution in [0.15, 0.2) is 41.3 Å². The lowest BCUT2D eigenvalue weighted by atomic mass is 9.94. The molecule has 1 aromatic heterocycles. The second-order valence-corrected chi connectivity index (χ2v) is 11.5. The number of hydrogen-bond acceptors (Lipinski definition) is 4. The average Bonchev–Trinajstić information content (AvgIpc) is 3.85. The molecule has 1 amide bonds. The molecule has 3 fully saturated rings. The average molecular weight is 517 g/mol. The Bertz CT molecular complexity index is 1440. The Labute approximate surface area is 223 Å². The SMILES string of the molecule is CCC1CN(Cc2cn(CC3CC3)c(=O)c3ccc(-c4cc(C(=O)NC5CC5)cc(F)c4C)cc23)CCN1. The van der Waals surface area contributed by atoms with Gasteiger partial charge in [0.1, 0.15) is 5.82 Å². The fourth-order valence-electron chi connectivity index (χ4n) is 5.63. The van der Waals surface area contributed by atoms with Crippen molar-refractivity contribution in [2.75, 3.05) is 19.6 Å². The summed E-state index contributed by atoms with van der Waals surface area (Å²) < 4.78 is 16.9. The van der Waals surface area contributed by atoms with Crippen LogP contribution in [0.1, 0.15) is 60.5 Å². The summed E-state index contributed by atoms with van der Waals surface area (Å²) in [6.07, 6.45) is 7.46. The molecule has 200 valence electrons. The molecule has 38 heavy (non-hydrogen) atoms. The van der Waals surface area contributed by atoms with Crippen LogP contribution in [0.5, 0.6) is 0 Å². The van der Waals surface area contributed by atoms with Crippen molar-refractivity contribution in [3.63, 3.8) is 0 Å². The molecular formula is C31H37FN4O2. The molecule has 1 saturated heterocycles. The first-order chi connectivity index (χ1) is 18.4. The summed E-state index contributed by atoms with van der Waals surface area (Å²) in [5.41, 5.74) is 3.51. The van der Waals surface area contributed by atoms with Crippen LogP contribution in [0.3, 0.4) is 0 Å². The molecule has 2 saturated carbocycles. The zero-order valence-electron chi connectivity index (χ0n) is 22.4. The van der Waals surface area contributed by atoms with Crippen LogP contribution < -0.4 is 16.2 Å². The minimum absolute atomic E-state index is 0.0365. The molecular weight excluding hydrogens is 479 g/mol. The highest BCUT2D eigenvalue weighted by Crippen LogP contribution is 2.33. The topological polar surface area (TPSA) is 66.4 Å². The van der Waals surface area contributed by atoms with E-state index in [9.17, 15) is 9.59 Å². The van der Waals surface area contributed by atoms with Gasteiger partial charge in [0, 0.05) is 62.0 Å². The molecule has 1 unspecified atom stereocenters. The number of amides is 1. The van der Waals surface area contributed by atoms with E-state index in [-0.39, 0.29) is 17.5 Å². The maximum absolute atomic E-state index is 15.0. The van der Waals surface area contributed by atoms with E-state index in [0.717, 1.165) is 68.5 Å². The highest BCUT2D eigenvalue weighted by atomic mass is 19.1. The third-order valence-corrected chi connectivity index (χ3v) is 8.38. The summed E-state index contributed by atoms with van der Waals surface area (Å²) in [5, 5.41) is 8.16. The largest absolute Gasteiger partial charge is 0.349 e. The predicted octanol–water partition coefficient (Wildman–Crippen LogP) is 4.60. The minimum Gasteiger partial charge on any atom is -0.349 e. The number of carbonyl (C=O) groups excluding carboxylic acids is 1. The molecule has 2 N–H and O–H groups in total. The van der Waals surface area contributed by atoms with Gasteiger partial charge in [-0.05, 0) is 96.9 Å². The van der Waals surface area contributed by atoms with Crippen molar-refractivity contribution in [1.29, 1.82) is 0 Å². The van der Waals surface area contributed by atoms with E-state index >= 15 is 4.39 Å². The number of fused-ring (bicyclic) bond motifs is 1. The van der Waals surface area contributed by atoms with E-state index in [2.05, 4.69) is 28.7 Å². The monoisotopic (exact) mass is 516 g/mol. The van der Waals surface area contributed by atoms with Crippen molar-refractivity contribution in [2.45, 2.75) is 71.1 Å². The molecule has 3 aromatic rings. The highest BCUT2D eigenvalue weighted by molar-refractivity contribution is 5.97. The molecule has 0 spiro atoms. The Balaban J connectivity index is 1.42. The zero-order valence-corrected chi connectivity index (χ0v) is 22.4. The van der Waals surface area contributed by atoms with Gasteiger partial charge in [-0.3, -0.25) is 14.5 Å². The van der Waals surface area contributed by atoms with Crippen molar-refractivity contribution in [2.24, 2.45) is 5.92 Å². The number of rotatable bonds is 8. The number of nitrogens with one attached hydrogen (secondary N) is 2. The first-order valence-electron chi connectivity index (χ1n) is 14.1. The number of nitrogens with zero attached hydrogens (tertiary/aromatic N) is 2. The van der Waals surface area contributed by atoms with Crippen LogP contribution in [-0.4, -0.2) is 47.1 Å². The summed E-state index contributed by atoms with van der Waals surface area (Å²) in [6, 6.07) is 9.60. The second kappa shape index (κ2) is 10.3. The van der Waals surface area contributed by atoms with E-state index in [1.807, 2.05) is 22.8 Å². The minimum atomic E-state index is -0.393. The van der Waals surface area contributed by atoms with Gasteiger partial charge >= 0.3 is 0 Å². The Hall–Kier alpha value is -3.03. The molecule has 2 aliphatic carbocycles. The third kappa shape index (κ3) is 5.27. The fraction of sp³-hybridized carbons (Fsp3) is 0.484. The molecule has 0 radical (unpaired) electrons. The molecule has 3 aliphatic rings. The van der Waals surface area contributed by atoms with Crippen LogP contribution in [0.4, 0.5) is 4.39 Å². The van der Waals surface area contributed by atoms with Crippen LogP contribution in [0.25, 0.3) is 21.9 Å². The Morgan fingerprint density at radius 3 is 2.68 bits per heavy atom. The summed E-state index contributed by atoms with van der Waals surface area (Å²) in [6.45, 7) is 8.38. The maximum Gasteiger partial charge on any atom is 0.258 e. The summed E-state index contributed by atoms with van der Waals surface area (Å²) in [7, 11) is 0. The lowest BCUT2D eigenvalue weighted by molar-refractivity contribution is 0.0950. The molecule has 0 bridgehead atoms. The van der Waals surface area contributed by atoms with Gasteiger partial charge in [0.05, 0.1) is 0 Å². The quantitative estimate of drug-likeness (QED) is 0.459. The van der Waals surface area contributed by atoms with Gasteiger partial charge in [0.15, 0.2) is 0 Å². The first-order valence-corrected chi connectivity index (χ1v) is 14.1. The molecule has 1 aliphatic heterocycles. The predicted molar refractivity (Wildman–Crippen MR) is 149 cm³/mol. The number of benzene rings is 2. The van der Waals surface area contributed by atoms with E-state index in [4.69, 9.17) is 0 Å². The van der Waals surface area contributed by atoms with Gasteiger partial charge in [-0.15, -0.1) is 0 Å². The standard InChI is InChI=1S/C31H37FN4O2/c1-3-24-18-35(11-10-33-24)16-23-17-36(15-20-4-5-20)31(38)26-9-6-21(12-28(23)26)27-13-22(14-29(32)19(27)2)30(37)34-25-7-8-25/h6,9,12-14,17,20,24-25,33H,3-5,7-8,10-11,15-16,18H2,1-2H3,(H,34,37). The van der Waals surface area contributed by atoms with Crippen molar-refractivity contribution in [1.82, 2.24) is 20.1 Å². The molecule has 6 rings (SSSR count). The van der Waals surface area contributed by atoms with Crippen LogP contribution in [-0.2, 0) is 13.1 Å². The van der Waals surface area contributed by atoms with E-state index in [1.165, 1.54) is 18.9 Å². The molecule has 2 aromatic carbocycles. The van der Waals surface area contributed by atoms with Gasteiger partial charge < -0.3 is 15.2 Å². The maximum atomic E-state index is 15.0. The first kappa shape index (κ1) is 25.3. The Morgan fingerprint density at radius 2 is 1.95 bits per heavy atom. The van der Waals surface area contributed by atoms with Crippen LogP contribution in [0.2, 0.25) is 0 Å². The third-order valence-electron chi connectivity index (χ3n) is 8.38.